The third kappa shape index (κ3) is 5.31. The van der Waals surface area contributed by atoms with E-state index < -0.39 is 23.9 Å². The zero-order chi connectivity index (χ0) is 24.9. The van der Waals surface area contributed by atoms with E-state index in [0.29, 0.717) is 0 Å². The number of ether oxygens (including phenoxy) is 1. The number of benzene rings is 4. The summed E-state index contributed by atoms with van der Waals surface area (Å²) in [6, 6.07) is 25.5. The average molecular weight is 466 g/mol. The molecule has 4 rings (SSSR count). The second-order valence-corrected chi connectivity index (χ2v) is 7.60. The SMILES string of the molecule is O=C(O)c1ccc(-c2ccc(C(=O)OC(=O)c3ccc(-c4ccc(C(=O)O)cc4)cc3)cc2)cc1. The Morgan fingerprint density at radius 3 is 0.857 bits per heavy atom. The lowest BCUT2D eigenvalue weighted by Crippen LogP contribution is -2.12. The van der Waals surface area contributed by atoms with Crippen LogP contribution < -0.4 is 0 Å². The molecule has 0 atom stereocenters. The first-order chi connectivity index (χ1) is 16.8. The molecule has 0 aliphatic heterocycles. The molecular formula is C28H18O7. The molecule has 0 saturated heterocycles. The van der Waals surface area contributed by atoms with Crippen LogP contribution in [0.3, 0.4) is 0 Å². The molecule has 35 heavy (non-hydrogen) atoms. The fourth-order valence-corrected chi connectivity index (χ4v) is 3.41. The first-order valence-electron chi connectivity index (χ1n) is 10.5. The Kier molecular flexibility index (Phi) is 6.50. The number of rotatable bonds is 6. The third-order valence-electron chi connectivity index (χ3n) is 5.36. The minimum atomic E-state index is -1.01. The van der Waals surface area contributed by atoms with Crippen LogP contribution in [-0.2, 0) is 4.74 Å². The van der Waals surface area contributed by atoms with Crippen molar-refractivity contribution in [3.8, 4) is 22.3 Å². The molecule has 7 nitrogen and oxygen atoms in total. The summed E-state index contributed by atoms with van der Waals surface area (Å²) in [5, 5.41) is 18.0. The molecule has 7 heteroatoms. The van der Waals surface area contributed by atoms with Crippen LogP contribution in [0.25, 0.3) is 22.3 Å². The maximum absolute atomic E-state index is 12.4. The molecule has 0 amide bonds. The van der Waals surface area contributed by atoms with Crippen LogP contribution in [0.2, 0.25) is 0 Å². The van der Waals surface area contributed by atoms with Gasteiger partial charge in [-0.2, -0.15) is 0 Å². The van der Waals surface area contributed by atoms with E-state index >= 15 is 0 Å². The van der Waals surface area contributed by atoms with Crippen molar-refractivity contribution in [3.63, 3.8) is 0 Å². The van der Waals surface area contributed by atoms with Crippen molar-refractivity contribution in [2.24, 2.45) is 0 Å². The maximum Gasteiger partial charge on any atom is 0.346 e. The highest BCUT2D eigenvalue weighted by Crippen LogP contribution is 2.22. The molecule has 2 N–H and O–H groups in total. The van der Waals surface area contributed by atoms with Gasteiger partial charge in [0.1, 0.15) is 0 Å². The van der Waals surface area contributed by atoms with Crippen LogP contribution >= 0.6 is 0 Å². The highest BCUT2D eigenvalue weighted by atomic mass is 16.6. The third-order valence-corrected chi connectivity index (χ3v) is 5.36. The Balaban J connectivity index is 1.41. The topological polar surface area (TPSA) is 118 Å². The molecule has 172 valence electrons. The van der Waals surface area contributed by atoms with Crippen molar-refractivity contribution in [3.05, 3.63) is 119 Å². The van der Waals surface area contributed by atoms with Gasteiger partial charge in [-0.3, -0.25) is 0 Å². The fourth-order valence-electron chi connectivity index (χ4n) is 3.41. The van der Waals surface area contributed by atoms with E-state index in [9.17, 15) is 19.2 Å². The van der Waals surface area contributed by atoms with Gasteiger partial charge in [-0.15, -0.1) is 0 Å². The maximum atomic E-state index is 12.4. The van der Waals surface area contributed by atoms with Gasteiger partial charge in [0.05, 0.1) is 22.3 Å². The second kappa shape index (κ2) is 9.84. The van der Waals surface area contributed by atoms with Gasteiger partial charge < -0.3 is 14.9 Å². The average Bonchev–Trinajstić information content (AvgIpc) is 2.89. The van der Waals surface area contributed by atoms with E-state index in [2.05, 4.69) is 0 Å². The van der Waals surface area contributed by atoms with Crippen molar-refractivity contribution in [2.45, 2.75) is 0 Å². The molecule has 0 unspecified atom stereocenters. The van der Waals surface area contributed by atoms with Gasteiger partial charge in [0.15, 0.2) is 0 Å². The van der Waals surface area contributed by atoms with Gasteiger partial charge in [-0.05, 0) is 70.8 Å². The highest BCUT2D eigenvalue weighted by Gasteiger charge is 2.15. The van der Waals surface area contributed by atoms with E-state index in [0.717, 1.165) is 22.3 Å². The van der Waals surface area contributed by atoms with E-state index in [1.165, 1.54) is 48.5 Å². The molecule has 0 aromatic heterocycles. The molecule has 0 aliphatic carbocycles. The van der Waals surface area contributed by atoms with Gasteiger partial charge in [-0.25, -0.2) is 19.2 Å². The summed E-state index contributed by atoms with van der Waals surface area (Å²) in [4.78, 5) is 46.8. The van der Waals surface area contributed by atoms with Crippen LogP contribution in [-0.4, -0.2) is 34.1 Å². The summed E-state index contributed by atoms with van der Waals surface area (Å²) < 4.78 is 4.99. The summed E-state index contributed by atoms with van der Waals surface area (Å²) in [6.45, 7) is 0. The van der Waals surface area contributed by atoms with Crippen molar-refractivity contribution < 1.29 is 34.1 Å². The molecular weight excluding hydrogens is 448 g/mol. The van der Waals surface area contributed by atoms with Gasteiger partial charge in [0.25, 0.3) is 0 Å². The number of hydrogen-bond donors (Lipinski definition) is 2. The van der Waals surface area contributed by atoms with Crippen LogP contribution in [0.15, 0.2) is 97.1 Å². The summed E-state index contributed by atoms with van der Waals surface area (Å²) in [5.74, 6) is -3.61. The quantitative estimate of drug-likeness (QED) is 0.288. The molecule has 0 radical (unpaired) electrons. The largest absolute Gasteiger partial charge is 0.478 e. The van der Waals surface area contributed by atoms with Gasteiger partial charge in [0, 0.05) is 0 Å². The molecule has 4 aromatic rings. The molecule has 0 aliphatic rings. The first kappa shape index (κ1) is 23.1. The van der Waals surface area contributed by atoms with E-state index in [4.69, 9.17) is 14.9 Å². The van der Waals surface area contributed by atoms with E-state index in [1.54, 1.807) is 48.5 Å². The molecule has 0 bridgehead atoms. The van der Waals surface area contributed by atoms with Crippen LogP contribution in [0.4, 0.5) is 0 Å². The smallest absolute Gasteiger partial charge is 0.346 e. The molecule has 0 heterocycles. The van der Waals surface area contributed by atoms with Crippen molar-refractivity contribution in [1.82, 2.24) is 0 Å². The van der Waals surface area contributed by atoms with Gasteiger partial charge in [0.2, 0.25) is 0 Å². The summed E-state index contributed by atoms with van der Waals surface area (Å²) >= 11 is 0. The normalized spacial score (nSPS) is 10.4. The van der Waals surface area contributed by atoms with Crippen LogP contribution in [0.5, 0.6) is 0 Å². The lowest BCUT2D eigenvalue weighted by Gasteiger charge is -2.07. The zero-order valence-electron chi connectivity index (χ0n) is 18.2. The summed E-state index contributed by atoms with van der Waals surface area (Å²) in [6.07, 6.45) is 0. The lowest BCUT2D eigenvalue weighted by atomic mass is 10.0. The first-order valence-corrected chi connectivity index (χ1v) is 10.5. The van der Waals surface area contributed by atoms with Crippen molar-refractivity contribution in [1.29, 1.82) is 0 Å². The Morgan fingerprint density at radius 2 is 0.629 bits per heavy atom. The predicted octanol–water partition coefficient (Wildman–Crippen LogP) is 5.41. The van der Waals surface area contributed by atoms with Gasteiger partial charge in [-0.1, -0.05) is 48.5 Å². The number of carbonyl (C=O) groups excluding carboxylic acids is 2. The Morgan fingerprint density at radius 1 is 0.400 bits per heavy atom. The number of carboxylic acid groups (broad SMARTS) is 2. The minimum absolute atomic E-state index is 0.177. The minimum Gasteiger partial charge on any atom is -0.478 e. The fraction of sp³-hybridized carbons (Fsp3) is 0. The van der Waals surface area contributed by atoms with E-state index in [-0.39, 0.29) is 22.3 Å². The molecule has 0 fully saturated rings. The lowest BCUT2D eigenvalue weighted by molar-refractivity contribution is 0.0396. The van der Waals surface area contributed by atoms with Crippen molar-refractivity contribution >= 4 is 23.9 Å². The number of carbonyl (C=O) groups is 4. The molecule has 0 saturated carbocycles. The number of esters is 2. The number of carboxylic acids is 2. The van der Waals surface area contributed by atoms with Crippen molar-refractivity contribution in [2.75, 3.05) is 0 Å². The van der Waals surface area contributed by atoms with Crippen LogP contribution in [0.1, 0.15) is 41.4 Å². The standard InChI is InChI=1S/C28H18O7/c29-25(30)21-9-1-17(2-10-21)19-5-13-23(14-6-19)27(33)35-28(34)24-15-7-20(8-16-24)18-3-11-22(12-4-18)26(31)32/h1-16H,(H,29,30)(H,31,32). The second-order valence-electron chi connectivity index (χ2n) is 7.60. The molecule has 4 aromatic carbocycles. The Bertz CT molecular complexity index is 1290. The summed E-state index contributed by atoms with van der Waals surface area (Å²) in [5.41, 5.74) is 3.85. The van der Waals surface area contributed by atoms with Crippen LogP contribution in [0, 0.1) is 0 Å². The van der Waals surface area contributed by atoms with E-state index in [1.807, 2.05) is 0 Å². The Labute approximate surface area is 199 Å². The Hall–Kier alpha value is -5.04. The zero-order valence-corrected chi connectivity index (χ0v) is 18.2. The number of hydrogen-bond acceptors (Lipinski definition) is 5. The monoisotopic (exact) mass is 466 g/mol. The number of aromatic carboxylic acids is 2. The summed E-state index contributed by atoms with van der Waals surface area (Å²) in [7, 11) is 0. The van der Waals surface area contributed by atoms with Gasteiger partial charge >= 0.3 is 23.9 Å². The predicted molar refractivity (Wildman–Crippen MR) is 127 cm³/mol. The highest BCUT2D eigenvalue weighted by molar-refractivity contribution is 6.03. The molecule has 0 spiro atoms.